The normalized spacial score (nSPS) is 11.5. The summed E-state index contributed by atoms with van der Waals surface area (Å²) < 4.78 is 76.9. The molecule has 6 nitrogen and oxygen atoms in total. The van der Waals surface area contributed by atoms with Crippen LogP contribution in [0, 0.1) is 24.4 Å². The van der Waals surface area contributed by atoms with Crippen LogP contribution in [-0.4, -0.2) is 24.9 Å². The highest BCUT2D eigenvalue weighted by molar-refractivity contribution is 7.93. The van der Waals surface area contributed by atoms with E-state index in [4.69, 9.17) is 4.74 Å². The Morgan fingerprint density at radius 3 is 2.43 bits per heavy atom. The number of hydrogen-bond acceptors (Lipinski definition) is 6. The summed E-state index contributed by atoms with van der Waals surface area (Å²) in [6, 6.07) is 5.51. The minimum absolute atomic E-state index is 0.0423. The van der Waals surface area contributed by atoms with Gasteiger partial charge >= 0.3 is 0 Å². The van der Waals surface area contributed by atoms with Crippen LogP contribution in [0.3, 0.4) is 0 Å². The van der Waals surface area contributed by atoms with E-state index in [1.54, 1.807) is 25.1 Å². The zero-order valence-corrected chi connectivity index (χ0v) is 16.3. The number of aryl methyl sites for hydroxylation is 1. The molecule has 0 atom stereocenters. The molecule has 0 amide bonds. The molecule has 0 fully saturated rings. The number of benzene rings is 2. The molecule has 0 aliphatic rings. The Bertz CT molecular complexity index is 1110. The van der Waals surface area contributed by atoms with E-state index in [0.717, 1.165) is 27.7 Å². The van der Waals surface area contributed by atoms with Gasteiger partial charge in [0.15, 0.2) is 11.6 Å². The molecule has 0 bridgehead atoms. The van der Waals surface area contributed by atoms with Crippen LogP contribution >= 0.6 is 11.5 Å². The Morgan fingerprint density at radius 1 is 1.11 bits per heavy atom. The first kappa shape index (κ1) is 20.1. The number of aromatic nitrogens is 2. The standard InChI is InChI=1S/C17H14F3N3O3S2/c1-10-5-12(26-2)4-3-11(10)8-23(17-21-9-22-27-17)28(24,25)16-7-14(19)13(18)6-15(16)20/h3-7,9H,8H2,1-2H3. The molecule has 148 valence electrons. The lowest BCUT2D eigenvalue weighted by Crippen LogP contribution is -2.31. The van der Waals surface area contributed by atoms with Gasteiger partial charge in [0.1, 0.15) is 22.8 Å². The molecule has 2 aromatic carbocycles. The summed E-state index contributed by atoms with van der Waals surface area (Å²) >= 11 is 0.769. The molecule has 11 heteroatoms. The number of nitrogens with zero attached hydrogens (tertiary/aromatic N) is 3. The predicted octanol–water partition coefficient (Wildman–Crippen LogP) is 3.67. The van der Waals surface area contributed by atoms with Gasteiger partial charge in [0.05, 0.1) is 13.7 Å². The highest BCUT2D eigenvalue weighted by atomic mass is 32.2. The first-order valence-electron chi connectivity index (χ1n) is 7.81. The van der Waals surface area contributed by atoms with Crippen LogP contribution in [0.25, 0.3) is 0 Å². The summed E-state index contributed by atoms with van der Waals surface area (Å²) in [7, 11) is -3.10. The minimum Gasteiger partial charge on any atom is -0.497 e. The maximum atomic E-state index is 14.2. The molecule has 3 aromatic rings. The van der Waals surface area contributed by atoms with E-state index in [1.807, 2.05) is 0 Å². The van der Waals surface area contributed by atoms with Crippen LogP contribution in [-0.2, 0) is 16.6 Å². The van der Waals surface area contributed by atoms with Gasteiger partial charge in [-0.1, -0.05) is 6.07 Å². The molecule has 1 heterocycles. The summed E-state index contributed by atoms with van der Waals surface area (Å²) in [4.78, 5) is 2.88. The highest BCUT2D eigenvalue weighted by Crippen LogP contribution is 2.30. The third-order valence-electron chi connectivity index (χ3n) is 3.97. The van der Waals surface area contributed by atoms with Crippen molar-refractivity contribution in [3.8, 4) is 5.75 Å². The molecule has 0 saturated heterocycles. The Labute approximate surface area is 163 Å². The van der Waals surface area contributed by atoms with Crippen molar-refractivity contribution in [2.75, 3.05) is 11.4 Å². The number of ether oxygens (including phenoxy) is 1. The van der Waals surface area contributed by atoms with Gasteiger partial charge < -0.3 is 4.74 Å². The molecule has 0 aliphatic heterocycles. The van der Waals surface area contributed by atoms with E-state index < -0.39 is 32.4 Å². The molecule has 0 aliphatic carbocycles. The van der Waals surface area contributed by atoms with Gasteiger partial charge in [-0.05, 0) is 30.2 Å². The Kier molecular flexibility index (Phi) is 5.57. The number of rotatable bonds is 6. The topological polar surface area (TPSA) is 72.4 Å². The minimum atomic E-state index is -4.60. The van der Waals surface area contributed by atoms with Crippen molar-refractivity contribution in [3.63, 3.8) is 0 Å². The number of halogens is 3. The van der Waals surface area contributed by atoms with Crippen molar-refractivity contribution < 1.29 is 26.3 Å². The fourth-order valence-corrected chi connectivity index (χ4v) is 4.67. The maximum Gasteiger partial charge on any atom is 0.269 e. The molecule has 0 N–H and O–H groups in total. The van der Waals surface area contributed by atoms with Gasteiger partial charge in [-0.15, -0.1) is 0 Å². The van der Waals surface area contributed by atoms with Crippen LogP contribution < -0.4 is 9.04 Å². The van der Waals surface area contributed by atoms with Crippen molar-refractivity contribution >= 4 is 26.7 Å². The zero-order chi connectivity index (χ0) is 20.5. The second-order valence-electron chi connectivity index (χ2n) is 5.72. The van der Waals surface area contributed by atoms with E-state index in [-0.39, 0.29) is 17.7 Å². The lowest BCUT2D eigenvalue weighted by atomic mass is 10.1. The number of anilines is 1. The third kappa shape index (κ3) is 3.80. The summed E-state index contributed by atoms with van der Waals surface area (Å²) in [5.41, 5.74) is 1.30. The molecule has 0 saturated carbocycles. The summed E-state index contributed by atoms with van der Waals surface area (Å²) in [5.74, 6) is -3.78. The fraction of sp³-hybridized carbons (Fsp3) is 0.176. The maximum absolute atomic E-state index is 14.2. The smallest absolute Gasteiger partial charge is 0.269 e. The molecule has 0 unspecified atom stereocenters. The van der Waals surface area contributed by atoms with Crippen molar-refractivity contribution in [1.29, 1.82) is 0 Å². The van der Waals surface area contributed by atoms with Gasteiger partial charge in [0, 0.05) is 23.7 Å². The third-order valence-corrected chi connectivity index (χ3v) is 6.52. The lowest BCUT2D eigenvalue weighted by molar-refractivity contribution is 0.414. The molecule has 0 spiro atoms. The zero-order valence-electron chi connectivity index (χ0n) is 14.7. The summed E-state index contributed by atoms with van der Waals surface area (Å²) in [6.45, 7) is 1.53. The second kappa shape index (κ2) is 7.76. The van der Waals surface area contributed by atoms with Crippen molar-refractivity contribution in [3.05, 3.63) is 65.2 Å². The van der Waals surface area contributed by atoms with E-state index in [1.165, 1.54) is 7.11 Å². The second-order valence-corrected chi connectivity index (χ2v) is 8.31. The lowest BCUT2D eigenvalue weighted by Gasteiger charge is -2.22. The Morgan fingerprint density at radius 2 is 1.82 bits per heavy atom. The van der Waals surface area contributed by atoms with Gasteiger partial charge in [-0.25, -0.2) is 30.9 Å². The fourth-order valence-electron chi connectivity index (χ4n) is 2.48. The molecule has 28 heavy (non-hydrogen) atoms. The largest absolute Gasteiger partial charge is 0.497 e. The summed E-state index contributed by atoms with van der Waals surface area (Å²) in [5, 5.41) is -0.0423. The molecular weight excluding hydrogens is 415 g/mol. The molecule has 3 rings (SSSR count). The van der Waals surface area contributed by atoms with Gasteiger partial charge in [-0.2, -0.15) is 4.37 Å². The van der Waals surface area contributed by atoms with E-state index in [2.05, 4.69) is 9.36 Å². The number of methoxy groups -OCH3 is 1. The van der Waals surface area contributed by atoms with Gasteiger partial charge in [0.2, 0.25) is 5.13 Å². The van der Waals surface area contributed by atoms with Crippen LogP contribution in [0.5, 0.6) is 5.75 Å². The highest BCUT2D eigenvalue weighted by Gasteiger charge is 2.31. The molecule has 0 radical (unpaired) electrons. The molecule has 1 aromatic heterocycles. The van der Waals surface area contributed by atoms with E-state index in [0.29, 0.717) is 17.4 Å². The quantitative estimate of drug-likeness (QED) is 0.559. The number of sulfonamides is 1. The van der Waals surface area contributed by atoms with Gasteiger partial charge in [0.25, 0.3) is 10.0 Å². The Balaban J connectivity index is 2.10. The van der Waals surface area contributed by atoms with Crippen molar-refractivity contribution in [1.82, 2.24) is 9.36 Å². The van der Waals surface area contributed by atoms with Gasteiger partial charge in [-0.3, -0.25) is 0 Å². The van der Waals surface area contributed by atoms with E-state index >= 15 is 0 Å². The SMILES string of the molecule is COc1ccc(CN(c2ncns2)S(=O)(=O)c2cc(F)c(F)cc2F)c(C)c1. The van der Waals surface area contributed by atoms with E-state index in [9.17, 15) is 21.6 Å². The molecular formula is C17H14F3N3O3S2. The van der Waals surface area contributed by atoms with Crippen LogP contribution in [0.4, 0.5) is 18.3 Å². The van der Waals surface area contributed by atoms with Crippen LogP contribution in [0.2, 0.25) is 0 Å². The number of hydrogen-bond donors (Lipinski definition) is 0. The average molecular weight is 429 g/mol. The summed E-state index contributed by atoms with van der Waals surface area (Å²) in [6.07, 6.45) is 1.14. The van der Waals surface area contributed by atoms with Crippen molar-refractivity contribution in [2.24, 2.45) is 0 Å². The first-order chi connectivity index (χ1) is 13.2. The van der Waals surface area contributed by atoms with Crippen LogP contribution in [0.1, 0.15) is 11.1 Å². The Hall–Kier alpha value is -2.66. The van der Waals surface area contributed by atoms with Crippen LogP contribution in [0.15, 0.2) is 41.6 Å². The first-order valence-corrected chi connectivity index (χ1v) is 10.0. The van der Waals surface area contributed by atoms with Crippen molar-refractivity contribution in [2.45, 2.75) is 18.4 Å². The average Bonchev–Trinajstić information content (AvgIpc) is 3.17. The predicted molar refractivity (Wildman–Crippen MR) is 97.3 cm³/mol. The monoisotopic (exact) mass is 429 g/mol.